The zero-order valence-corrected chi connectivity index (χ0v) is 13.7. The van der Waals surface area contributed by atoms with Gasteiger partial charge in [-0.05, 0) is 36.4 Å². The third-order valence-electron chi connectivity index (χ3n) is 3.26. The lowest BCUT2D eigenvalue weighted by molar-refractivity contribution is -0.127. The fourth-order valence-corrected chi connectivity index (χ4v) is 2.18. The number of rotatable bonds is 5. The largest absolute Gasteiger partial charge is 0.344 e. The molecule has 110 valence electrons. The van der Waals surface area contributed by atoms with E-state index in [1.807, 2.05) is 42.5 Å². The maximum atomic E-state index is 11.4. The standard InChI is InChI=1S/C16H18BrN3O/c1-13(21)19(2)11-12-20(16-5-3-4-10-18-16)15-8-6-14(17)7-9-15/h3-10H,11-12H2,1-2H3. The highest BCUT2D eigenvalue weighted by Gasteiger charge is 2.12. The van der Waals surface area contributed by atoms with E-state index in [0.29, 0.717) is 13.1 Å². The molecule has 21 heavy (non-hydrogen) atoms. The number of halogens is 1. The third kappa shape index (κ3) is 4.29. The quantitative estimate of drug-likeness (QED) is 0.830. The summed E-state index contributed by atoms with van der Waals surface area (Å²) in [6, 6.07) is 13.9. The number of amides is 1. The van der Waals surface area contributed by atoms with Crippen molar-refractivity contribution in [3.05, 3.63) is 53.1 Å². The van der Waals surface area contributed by atoms with Gasteiger partial charge in [-0.3, -0.25) is 4.79 Å². The second kappa shape index (κ2) is 7.22. The minimum absolute atomic E-state index is 0.0618. The minimum atomic E-state index is 0.0618. The fourth-order valence-electron chi connectivity index (χ4n) is 1.92. The van der Waals surface area contributed by atoms with Crippen LogP contribution in [0.15, 0.2) is 53.1 Å². The van der Waals surface area contributed by atoms with Crippen LogP contribution in [0.4, 0.5) is 11.5 Å². The number of carbonyl (C=O) groups is 1. The van der Waals surface area contributed by atoms with E-state index in [9.17, 15) is 4.79 Å². The van der Waals surface area contributed by atoms with Gasteiger partial charge in [-0.1, -0.05) is 22.0 Å². The molecule has 1 heterocycles. The van der Waals surface area contributed by atoms with Crippen molar-refractivity contribution in [2.45, 2.75) is 6.92 Å². The molecule has 0 aliphatic rings. The Balaban J connectivity index is 2.22. The van der Waals surface area contributed by atoms with Crippen LogP contribution in [0, 0.1) is 0 Å². The number of pyridine rings is 1. The number of likely N-dealkylation sites (N-methyl/N-ethyl adjacent to an activating group) is 1. The molecule has 0 bridgehead atoms. The summed E-state index contributed by atoms with van der Waals surface area (Å²) in [6.07, 6.45) is 1.77. The number of nitrogens with zero attached hydrogens (tertiary/aromatic N) is 3. The van der Waals surface area contributed by atoms with Crippen molar-refractivity contribution >= 4 is 33.3 Å². The summed E-state index contributed by atoms with van der Waals surface area (Å²) in [5.41, 5.74) is 1.05. The van der Waals surface area contributed by atoms with Crippen LogP contribution in [0.2, 0.25) is 0 Å². The Morgan fingerprint density at radius 2 is 1.86 bits per heavy atom. The Hall–Kier alpha value is -1.88. The number of hydrogen-bond donors (Lipinski definition) is 0. The van der Waals surface area contributed by atoms with Crippen molar-refractivity contribution in [3.63, 3.8) is 0 Å². The molecule has 0 saturated heterocycles. The Kier molecular flexibility index (Phi) is 5.33. The molecule has 0 saturated carbocycles. The Labute approximate surface area is 133 Å². The third-order valence-corrected chi connectivity index (χ3v) is 3.79. The lowest BCUT2D eigenvalue weighted by Crippen LogP contribution is -2.33. The Bertz CT molecular complexity index is 586. The van der Waals surface area contributed by atoms with Crippen molar-refractivity contribution in [3.8, 4) is 0 Å². The number of benzene rings is 1. The number of carbonyl (C=O) groups excluding carboxylic acids is 1. The van der Waals surface area contributed by atoms with E-state index in [1.54, 1.807) is 25.1 Å². The maximum Gasteiger partial charge on any atom is 0.219 e. The average molecular weight is 348 g/mol. The molecular weight excluding hydrogens is 330 g/mol. The van der Waals surface area contributed by atoms with Crippen LogP contribution in [-0.2, 0) is 4.79 Å². The molecule has 0 radical (unpaired) electrons. The normalized spacial score (nSPS) is 10.2. The molecule has 2 rings (SSSR count). The predicted octanol–water partition coefficient (Wildman–Crippen LogP) is 3.46. The summed E-state index contributed by atoms with van der Waals surface area (Å²) < 4.78 is 1.04. The van der Waals surface area contributed by atoms with Crippen molar-refractivity contribution in [1.29, 1.82) is 0 Å². The molecule has 0 unspecified atom stereocenters. The van der Waals surface area contributed by atoms with Crippen LogP contribution >= 0.6 is 15.9 Å². The van der Waals surface area contributed by atoms with E-state index in [4.69, 9.17) is 0 Å². The number of aromatic nitrogens is 1. The van der Waals surface area contributed by atoms with Gasteiger partial charge in [0, 0.05) is 43.4 Å². The molecule has 2 aromatic rings. The van der Waals surface area contributed by atoms with Crippen LogP contribution in [0.3, 0.4) is 0 Å². The maximum absolute atomic E-state index is 11.4. The molecular formula is C16H18BrN3O. The van der Waals surface area contributed by atoms with Crippen LogP contribution in [-0.4, -0.2) is 35.9 Å². The van der Waals surface area contributed by atoms with E-state index >= 15 is 0 Å². The zero-order chi connectivity index (χ0) is 15.2. The van der Waals surface area contributed by atoms with E-state index in [0.717, 1.165) is 16.0 Å². The summed E-state index contributed by atoms with van der Waals surface area (Å²) in [4.78, 5) is 19.6. The summed E-state index contributed by atoms with van der Waals surface area (Å²) in [7, 11) is 1.81. The highest BCUT2D eigenvalue weighted by molar-refractivity contribution is 9.10. The van der Waals surface area contributed by atoms with Crippen molar-refractivity contribution in [1.82, 2.24) is 9.88 Å². The van der Waals surface area contributed by atoms with E-state index in [1.165, 1.54) is 0 Å². The summed E-state index contributed by atoms with van der Waals surface area (Å²) in [5, 5.41) is 0. The van der Waals surface area contributed by atoms with Gasteiger partial charge in [0.25, 0.3) is 0 Å². The summed E-state index contributed by atoms with van der Waals surface area (Å²) in [5.74, 6) is 0.934. The fraction of sp³-hybridized carbons (Fsp3) is 0.250. The van der Waals surface area contributed by atoms with Crippen LogP contribution in [0.5, 0.6) is 0 Å². The average Bonchev–Trinajstić information content (AvgIpc) is 2.50. The van der Waals surface area contributed by atoms with Crippen molar-refractivity contribution in [2.24, 2.45) is 0 Å². The van der Waals surface area contributed by atoms with Gasteiger partial charge in [-0.25, -0.2) is 4.98 Å². The molecule has 5 heteroatoms. The van der Waals surface area contributed by atoms with Crippen LogP contribution in [0.25, 0.3) is 0 Å². The second-order valence-electron chi connectivity index (χ2n) is 4.76. The van der Waals surface area contributed by atoms with Gasteiger partial charge in [0.2, 0.25) is 5.91 Å². The van der Waals surface area contributed by atoms with E-state index < -0.39 is 0 Å². The molecule has 0 spiro atoms. The molecule has 0 fully saturated rings. The molecule has 4 nitrogen and oxygen atoms in total. The number of hydrogen-bond acceptors (Lipinski definition) is 3. The lowest BCUT2D eigenvalue weighted by Gasteiger charge is -2.26. The highest BCUT2D eigenvalue weighted by Crippen LogP contribution is 2.24. The van der Waals surface area contributed by atoms with Gasteiger partial charge in [0.1, 0.15) is 5.82 Å². The molecule has 1 amide bonds. The van der Waals surface area contributed by atoms with Gasteiger partial charge in [0.05, 0.1) is 0 Å². The predicted molar refractivity (Wildman–Crippen MR) is 88.7 cm³/mol. The molecule has 0 aliphatic heterocycles. The Morgan fingerprint density at radius 1 is 1.14 bits per heavy atom. The first-order chi connectivity index (χ1) is 10.1. The smallest absolute Gasteiger partial charge is 0.219 e. The van der Waals surface area contributed by atoms with Gasteiger partial charge < -0.3 is 9.80 Å². The highest BCUT2D eigenvalue weighted by atomic mass is 79.9. The molecule has 0 atom stereocenters. The van der Waals surface area contributed by atoms with Crippen LogP contribution in [0.1, 0.15) is 6.92 Å². The van der Waals surface area contributed by atoms with Gasteiger partial charge >= 0.3 is 0 Å². The van der Waals surface area contributed by atoms with Crippen molar-refractivity contribution in [2.75, 3.05) is 25.0 Å². The molecule has 0 aliphatic carbocycles. The zero-order valence-electron chi connectivity index (χ0n) is 12.2. The topological polar surface area (TPSA) is 36.4 Å². The first kappa shape index (κ1) is 15.5. The first-order valence-corrected chi connectivity index (χ1v) is 7.53. The monoisotopic (exact) mass is 347 g/mol. The lowest BCUT2D eigenvalue weighted by atomic mass is 10.2. The minimum Gasteiger partial charge on any atom is -0.344 e. The van der Waals surface area contributed by atoms with E-state index in [-0.39, 0.29) is 5.91 Å². The summed E-state index contributed by atoms with van der Waals surface area (Å²) >= 11 is 3.45. The second-order valence-corrected chi connectivity index (χ2v) is 5.67. The number of anilines is 2. The van der Waals surface area contributed by atoms with Crippen molar-refractivity contribution < 1.29 is 4.79 Å². The van der Waals surface area contributed by atoms with Crippen LogP contribution < -0.4 is 4.90 Å². The molecule has 0 N–H and O–H groups in total. The summed E-state index contributed by atoms with van der Waals surface area (Å²) in [6.45, 7) is 2.90. The first-order valence-electron chi connectivity index (χ1n) is 6.74. The van der Waals surface area contributed by atoms with Gasteiger partial charge in [0.15, 0.2) is 0 Å². The molecule has 1 aromatic heterocycles. The molecule has 1 aromatic carbocycles. The van der Waals surface area contributed by atoms with Gasteiger partial charge in [-0.15, -0.1) is 0 Å². The Morgan fingerprint density at radius 3 is 2.43 bits per heavy atom. The van der Waals surface area contributed by atoms with E-state index in [2.05, 4.69) is 25.8 Å². The van der Waals surface area contributed by atoms with Gasteiger partial charge in [-0.2, -0.15) is 0 Å². The SMILES string of the molecule is CC(=O)N(C)CCN(c1ccc(Br)cc1)c1ccccn1.